The summed E-state index contributed by atoms with van der Waals surface area (Å²) in [4.78, 5) is 25.0. The monoisotopic (exact) mass is 482 g/mol. The van der Waals surface area contributed by atoms with Gasteiger partial charge in [0.05, 0.1) is 40.7 Å². The normalized spacial score (nSPS) is 21.5. The van der Waals surface area contributed by atoms with Crippen LogP contribution in [0, 0.1) is 0 Å². The van der Waals surface area contributed by atoms with Gasteiger partial charge in [0.25, 0.3) is 5.91 Å². The molecule has 10 heteroatoms. The molecule has 2 saturated heterocycles. The van der Waals surface area contributed by atoms with Crippen molar-refractivity contribution in [3.05, 3.63) is 58.6 Å². The number of amides is 1. The lowest BCUT2D eigenvalue weighted by Crippen LogP contribution is -2.61. The highest BCUT2D eigenvalue weighted by Crippen LogP contribution is 2.34. The summed E-state index contributed by atoms with van der Waals surface area (Å²) < 4.78 is 44.6. The number of alkyl halides is 3. The lowest BCUT2D eigenvalue weighted by atomic mass is 9.88. The van der Waals surface area contributed by atoms with E-state index in [9.17, 15) is 18.0 Å². The van der Waals surface area contributed by atoms with Crippen LogP contribution >= 0.6 is 11.6 Å². The second kappa shape index (κ2) is 9.56. The van der Waals surface area contributed by atoms with Gasteiger partial charge in [-0.15, -0.1) is 0 Å². The zero-order chi connectivity index (χ0) is 23.6. The fourth-order valence-corrected chi connectivity index (χ4v) is 4.70. The number of likely N-dealkylation sites (tertiary alicyclic amines) is 1. The average Bonchev–Trinajstić information content (AvgIpc) is 2.78. The molecule has 1 atom stereocenters. The number of rotatable bonds is 5. The van der Waals surface area contributed by atoms with Crippen molar-refractivity contribution in [1.29, 1.82) is 0 Å². The van der Waals surface area contributed by atoms with E-state index in [1.54, 1.807) is 18.0 Å². The Hall–Kier alpha value is -2.23. The van der Waals surface area contributed by atoms with Crippen molar-refractivity contribution in [2.45, 2.75) is 50.6 Å². The number of morpholine rings is 1. The van der Waals surface area contributed by atoms with Gasteiger partial charge in [-0.05, 0) is 44.0 Å². The number of halogens is 4. The highest BCUT2D eigenvalue weighted by atomic mass is 35.5. The van der Waals surface area contributed by atoms with Crippen LogP contribution in [0.4, 0.5) is 13.2 Å². The second-order valence-electron chi connectivity index (χ2n) is 8.70. The standard InChI is InChI=1S/C23H26ClF3N4O2/c1-16-21(32)31(14-18-5-4-17(13-29-18)23(25,26)27)15-22(33-16)7-11-30(12-8-22)10-6-20-19(24)3-2-9-28-20/h2-5,9,13,16H,6-8,10-12,14-15H2,1H3. The van der Waals surface area contributed by atoms with E-state index in [0.717, 1.165) is 56.9 Å². The summed E-state index contributed by atoms with van der Waals surface area (Å²) in [6.45, 7) is 4.76. The number of aromatic nitrogens is 2. The van der Waals surface area contributed by atoms with Gasteiger partial charge in [0.2, 0.25) is 0 Å². The van der Waals surface area contributed by atoms with E-state index in [1.807, 2.05) is 12.1 Å². The van der Waals surface area contributed by atoms with E-state index >= 15 is 0 Å². The van der Waals surface area contributed by atoms with Crippen molar-refractivity contribution in [2.75, 3.05) is 26.2 Å². The topological polar surface area (TPSA) is 58.6 Å². The van der Waals surface area contributed by atoms with Crippen molar-refractivity contribution in [3.8, 4) is 0 Å². The molecule has 0 N–H and O–H groups in total. The molecule has 2 aromatic rings. The Bertz CT molecular complexity index is 978. The zero-order valence-electron chi connectivity index (χ0n) is 18.3. The molecule has 0 bridgehead atoms. The Morgan fingerprint density at radius 3 is 2.61 bits per heavy atom. The Morgan fingerprint density at radius 1 is 1.21 bits per heavy atom. The van der Waals surface area contributed by atoms with E-state index < -0.39 is 23.4 Å². The van der Waals surface area contributed by atoms with Gasteiger partial charge in [0.15, 0.2) is 0 Å². The molecule has 4 heterocycles. The molecule has 0 aromatic carbocycles. The molecule has 1 spiro atoms. The quantitative estimate of drug-likeness (QED) is 0.645. The number of nitrogens with zero attached hydrogens (tertiary/aromatic N) is 4. The molecular formula is C23H26ClF3N4O2. The van der Waals surface area contributed by atoms with Crippen LogP contribution in [0.5, 0.6) is 0 Å². The third-order valence-corrected chi connectivity index (χ3v) is 6.68. The number of carbonyl (C=O) groups is 1. The van der Waals surface area contributed by atoms with Crippen LogP contribution in [0.1, 0.15) is 36.7 Å². The smallest absolute Gasteiger partial charge is 0.360 e. The van der Waals surface area contributed by atoms with Crippen LogP contribution in [0.2, 0.25) is 5.02 Å². The summed E-state index contributed by atoms with van der Waals surface area (Å²) >= 11 is 6.20. The van der Waals surface area contributed by atoms with E-state index in [-0.39, 0.29) is 12.5 Å². The lowest BCUT2D eigenvalue weighted by molar-refractivity contribution is -0.190. The van der Waals surface area contributed by atoms with Crippen molar-refractivity contribution >= 4 is 17.5 Å². The average molecular weight is 483 g/mol. The number of hydrogen-bond acceptors (Lipinski definition) is 5. The van der Waals surface area contributed by atoms with Gasteiger partial charge in [0, 0.05) is 38.4 Å². The fourth-order valence-electron chi connectivity index (χ4n) is 4.49. The molecule has 0 radical (unpaired) electrons. The molecule has 4 rings (SSSR count). The van der Waals surface area contributed by atoms with E-state index in [0.29, 0.717) is 17.3 Å². The zero-order valence-corrected chi connectivity index (χ0v) is 19.1. The van der Waals surface area contributed by atoms with Crippen LogP contribution in [0.25, 0.3) is 0 Å². The summed E-state index contributed by atoms with van der Waals surface area (Å²) in [5, 5.41) is 0.668. The van der Waals surface area contributed by atoms with Crippen molar-refractivity contribution in [1.82, 2.24) is 19.8 Å². The highest BCUT2D eigenvalue weighted by Gasteiger charge is 2.45. The maximum Gasteiger partial charge on any atom is 0.417 e. The molecule has 0 aliphatic carbocycles. The molecule has 2 aliphatic heterocycles. The predicted molar refractivity (Wildman–Crippen MR) is 117 cm³/mol. The minimum atomic E-state index is -4.44. The summed E-state index contributed by atoms with van der Waals surface area (Å²) in [7, 11) is 0. The molecule has 33 heavy (non-hydrogen) atoms. The van der Waals surface area contributed by atoms with Gasteiger partial charge in [-0.3, -0.25) is 14.8 Å². The number of carbonyl (C=O) groups excluding carboxylic acids is 1. The van der Waals surface area contributed by atoms with Gasteiger partial charge in [0.1, 0.15) is 6.10 Å². The van der Waals surface area contributed by atoms with Crippen LogP contribution in [0.3, 0.4) is 0 Å². The van der Waals surface area contributed by atoms with E-state index in [4.69, 9.17) is 16.3 Å². The van der Waals surface area contributed by atoms with Crippen molar-refractivity contribution in [3.63, 3.8) is 0 Å². The van der Waals surface area contributed by atoms with Crippen molar-refractivity contribution < 1.29 is 22.7 Å². The molecule has 178 valence electrons. The first kappa shape index (κ1) is 23.9. The first-order valence-corrected chi connectivity index (χ1v) is 11.3. The van der Waals surface area contributed by atoms with E-state index in [1.165, 1.54) is 6.07 Å². The SMILES string of the molecule is CC1OC2(CCN(CCc3ncccc3Cl)CC2)CN(Cc2ccc(C(F)(F)F)cn2)C1=O. The molecule has 2 aliphatic rings. The minimum absolute atomic E-state index is 0.161. The molecular weight excluding hydrogens is 457 g/mol. The van der Waals surface area contributed by atoms with Gasteiger partial charge in [-0.25, -0.2) is 0 Å². The Morgan fingerprint density at radius 2 is 1.97 bits per heavy atom. The molecule has 6 nitrogen and oxygen atoms in total. The van der Waals surface area contributed by atoms with Crippen LogP contribution in [-0.4, -0.2) is 63.6 Å². The maximum absolute atomic E-state index is 12.8. The second-order valence-corrected chi connectivity index (χ2v) is 9.10. The predicted octanol–water partition coefficient (Wildman–Crippen LogP) is 3.97. The first-order chi connectivity index (χ1) is 15.7. The molecule has 1 unspecified atom stereocenters. The Labute approximate surface area is 195 Å². The maximum atomic E-state index is 12.8. The number of pyridine rings is 2. The third-order valence-electron chi connectivity index (χ3n) is 6.34. The van der Waals surface area contributed by atoms with E-state index in [2.05, 4.69) is 14.9 Å². The van der Waals surface area contributed by atoms with Crippen molar-refractivity contribution in [2.24, 2.45) is 0 Å². The van der Waals surface area contributed by atoms with Gasteiger partial charge in [-0.1, -0.05) is 11.6 Å². The minimum Gasteiger partial charge on any atom is -0.360 e. The molecule has 2 aromatic heterocycles. The number of ether oxygens (including phenoxy) is 1. The molecule has 1 amide bonds. The van der Waals surface area contributed by atoms with Gasteiger partial charge < -0.3 is 14.5 Å². The van der Waals surface area contributed by atoms with Crippen LogP contribution < -0.4 is 0 Å². The third kappa shape index (κ3) is 5.65. The Kier molecular flexibility index (Phi) is 6.93. The number of piperidine rings is 1. The number of hydrogen-bond donors (Lipinski definition) is 0. The fraction of sp³-hybridized carbons (Fsp3) is 0.522. The first-order valence-electron chi connectivity index (χ1n) is 11.0. The van der Waals surface area contributed by atoms with Crippen LogP contribution in [-0.2, 0) is 28.7 Å². The summed E-state index contributed by atoms with van der Waals surface area (Å²) in [6, 6.07) is 5.97. The van der Waals surface area contributed by atoms with Crippen LogP contribution in [0.15, 0.2) is 36.7 Å². The molecule has 0 saturated carbocycles. The summed E-state index contributed by atoms with van der Waals surface area (Å²) in [5.74, 6) is -0.172. The largest absolute Gasteiger partial charge is 0.417 e. The Balaban J connectivity index is 1.36. The van der Waals surface area contributed by atoms with Gasteiger partial charge >= 0.3 is 6.18 Å². The summed E-state index contributed by atoms with van der Waals surface area (Å²) in [6.07, 6.45) is -0.211. The highest BCUT2D eigenvalue weighted by molar-refractivity contribution is 6.31. The lowest BCUT2D eigenvalue weighted by Gasteiger charge is -2.49. The summed E-state index contributed by atoms with van der Waals surface area (Å²) in [5.41, 5.74) is 0.0371. The molecule has 2 fully saturated rings. The van der Waals surface area contributed by atoms with Gasteiger partial charge in [-0.2, -0.15) is 13.2 Å².